The molecule has 5 aromatic rings. The van der Waals surface area contributed by atoms with Crippen LogP contribution in [-0.2, 0) is 19.6 Å². The number of rotatable bonds is 11. The number of hydrogen-bond acceptors (Lipinski definition) is 8. The Morgan fingerprint density at radius 3 is 2.48 bits per heavy atom. The highest BCUT2D eigenvalue weighted by Crippen LogP contribution is 2.33. The summed E-state index contributed by atoms with van der Waals surface area (Å²) in [6.07, 6.45) is 1.62. The van der Waals surface area contributed by atoms with Crippen LogP contribution in [0.4, 0.5) is 4.39 Å². The number of fused-ring (bicyclic) bond motifs is 1. The molecule has 0 amide bonds. The number of benzene rings is 2. The fourth-order valence-electron chi connectivity index (χ4n) is 4.95. The molecule has 1 N–H and O–H groups in total. The molecule has 1 unspecified atom stereocenters. The normalized spacial score (nSPS) is 12.4. The van der Waals surface area contributed by atoms with Crippen LogP contribution in [0, 0.1) is 11.7 Å². The second-order valence-electron chi connectivity index (χ2n) is 9.91. The van der Waals surface area contributed by atoms with E-state index in [1.807, 2.05) is 24.3 Å². The van der Waals surface area contributed by atoms with Gasteiger partial charge in [-0.3, -0.25) is 9.69 Å². The van der Waals surface area contributed by atoms with Gasteiger partial charge in [-0.15, -0.1) is 5.10 Å². The first-order chi connectivity index (χ1) is 19.4. The molecular weight excluding hydrogens is 515 g/mol. The summed E-state index contributed by atoms with van der Waals surface area (Å²) in [5.41, 5.74) is 1.87. The Kier molecular flexibility index (Phi) is 7.92. The van der Waals surface area contributed by atoms with Crippen LogP contribution in [0.15, 0.2) is 70.1 Å². The van der Waals surface area contributed by atoms with Gasteiger partial charge in [0.15, 0.2) is 17.3 Å². The average molecular weight is 547 g/mol. The minimum absolute atomic E-state index is 0.0665. The predicted octanol–water partition coefficient (Wildman–Crippen LogP) is 4.71. The van der Waals surface area contributed by atoms with Gasteiger partial charge in [0, 0.05) is 23.6 Å². The first kappa shape index (κ1) is 27.1. The number of nitrogens with zero attached hydrogens (tertiary/aromatic N) is 5. The van der Waals surface area contributed by atoms with Gasteiger partial charge in [0.2, 0.25) is 0 Å². The van der Waals surface area contributed by atoms with Crippen LogP contribution in [0.2, 0.25) is 0 Å². The quantitative estimate of drug-likeness (QED) is 0.254. The van der Waals surface area contributed by atoms with Gasteiger partial charge in [0.05, 0.1) is 45.1 Å². The zero-order chi connectivity index (χ0) is 28.2. The smallest absolute Gasteiger partial charge is 0.252 e. The number of tetrazole rings is 1. The summed E-state index contributed by atoms with van der Waals surface area (Å²) in [4.78, 5) is 18.4. The molecule has 10 nitrogen and oxygen atoms in total. The Labute approximate surface area is 230 Å². The van der Waals surface area contributed by atoms with Crippen molar-refractivity contribution >= 4 is 10.9 Å². The van der Waals surface area contributed by atoms with Gasteiger partial charge in [-0.1, -0.05) is 26.0 Å². The molecule has 0 saturated heterocycles. The monoisotopic (exact) mass is 546 g/mol. The molecule has 0 aliphatic carbocycles. The minimum atomic E-state index is -0.304. The van der Waals surface area contributed by atoms with Gasteiger partial charge in [0.25, 0.3) is 5.56 Å². The highest BCUT2D eigenvalue weighted by Gasteiger charge is 2.30. The lowest BCUT2D eigenvalue weighted by Crippen LogP contribution is -2.35. The van der Waals surface area contributed by atoms with Crippen molar-refractivity contribution < 1.29 is 18.3 Å². The van der Waals surface area contributed by atoms with Gasteiger partial charge < -0.3 is 18.9 Å². The summed E-state index contributed by atoms with van der Waals surface area (Å²) >= 11 is 0. The summed E-state index contributed by atoms with van der Waals surface area (Å²) < 4.78 is 31.7. The SMILES string of the molecule is COc1cc2cc(CN(Cc3ccco3)C(c3nnnn3Cc3ccc(F)cc3)C(C)C)c(=O)[nH]c2cc1OC. The van der Waals surface area contributed by atoms with Crippen LogP contribution in [0.1, 0.15) is 42.6 Å². The zero-order valence-corrected chi connectivity index (χ0v) is 22.8. The van der Waals surface area contributed by atoms with Crippen LogP contribution in [0.25, 0.3) is 10.9 Å². The van der Waals surface area contributed by atoms with E-state index in [0.717, 1.165) is 16.7 Å². The summed E-state index contributed by atoms with van der Waals surface area (Å²) in [5, 5.41) is 13.4. The summed E-state index contributed by atoms with van der Waals surface area (Å²) in [7, 11) is 3.13. The highest BCUT2D eigenvalue weighted by molar-refractivity contribution is 5.83. The van der Waals surface area contributed by atoms with E-state index in [1.165, 1.54) is 12.1 Å². The number of aromatic amines is 1. The topological polar surface area (TPSA) is 111 Å². The number of ether oxygens (including phenoxy) is 2. The van der Waals surface area contributed by atoms with E-state index >= 15 is 0 Å². The number of pyridine rings is 1. The minimum Gasteiger partial charge on any atom is -0.493 e. The van der Waals surface area contributed by atoms with Crippen molar-refractivity contribution in [2.24, 2.45) is 5.92 Å². The maximum Gasteiger partial charge on any atom is 0.252 e. The number of furan rings is 1. The van der Waals surface area contributed by atoms with E-state index in [9.17, 15) is 9.18 Å². The average Bonchev–Trinajstić information content (AvgIpc) is 3.62. The lowest BCUT2D eigenvalue weighted by Gasteiger charge is -2.33. The molecule has 208 valence electrons. The molecule has 3 heterocycles. The second-order valence-corrected chi connectivity index (χ2v) is 9.91. The standard InChI is InChI=1S/C29H31FN6O4/c1-18(2)27(28-32-33-34-36(28)15-19-7-9-22(30)10-8-19)35(17-23-6-5-11-40-23)16-21-12-20-13-25(38-3)26(39-4)14-24(20)31-29(21)37/h5-14,18,27H,15-17H2,1-4H3,(H,31,37). The molecule has 0 saturated carbocycles. The fraction of sp³-hybridized carbons (Fsp3) is 0.310. The highest BCUT2D eigenvalue weighted by atomic mass is 19.1. The van der Waals surface area contributed by atoms with Crippen molar-refractivity contribution in [2.75, 3.05) is 14.2 Å². The van der Waals surface area contributed by atoms with E-state index in [2.05, 4.69) is 39.3 Å². The maximum absolute atomic E-state index is 13.5. The Morgan fingerprint density at radius 1 is 1.05 bits per heavy atom. The van der Waals surface area contributed by atoms with Crippen molar-refractivity contribution in [3.63, 3.8) is 0 Å². The van der Waals surface area contributed by atoms with E-state index in [4.69, 9.17) is 13.9 Å². The molecule has 40 heavy (non-hydrogen) atoms. The number of H-pyrrole nitrogens is 1. The van der Waals surface area contributed by atoms with Crippen LogP contribution in [0.5, 0.6) is 11.5 Å². The third-order valence-electron chi connectivity index (χ3n) is 6.83. The van der Waals surface area contributed by atoms with Gasteiger partial charge >= 0.3 is 0 Å². The van der Waals surface area contributed by atoms with Crippen LogP contribution >= 0.6 is 0 Å². The lowest BCUT2D eigenvalue weighted by molar-refractivity contribution is 0.116. The molecule has 5 rings (SSSR count). The summed E-state index contributed by atoms with van der Waals surface area (Å²) in [6.45, 7) is 5.25. The van der Waals surface area contributed by atoms with Crippen LogP contribution < -0.4 is 15.0 Å². The van der Waals surface area contributed by atoms with Gasteiger partial charge in [0.1, 0.15) is 11.6 Å². The molecule has 0 aliphatic rings. The van der Waals surface area contributed by atoms with Crippen molar-refractivity contribution in [2.45, 2.75) is 39.5 Å². The first-order valence-electron chi connectivity index (χ1n) is 12.9. The summed E-state index contributed by atoms with van der Waals surface area (Å²) in [5.74, 6) is 2.24. The van der Waals surface area contributed by atoms with Crippen LogP contribution in [-0.4, -0.2) is 44.3 Å². The molecule has 0 aliphatic heterocycles. The number of hydrogen-bond donors (Lipinski definition) is 1. The van der Waals surface area contributed by atoms with Crippen molar-refractivity contribution in [1.29, 1.82) is 0 Å². The van der Waals surface area contributed by atoms with Gasteiger partial charge in [-0.05, 0) is 58.3 Å². The lowest BCUT2D eigenvalue weighted by atomic mass is 10.00. The largest absolute Gasteiger partial charge is 0.493 e. The molecule has 11 heteroatoms. The first-order valence-corrected chi connectivity index (χ1v) is 12.9. The molecule has 2 aromatic carbocycles. The van der Waals surface area contributed by atoms with E-state index in [-0.39, 0.29) is 23.3 Å². The van der Waals surface area contributed by atoms with Gasteiger partial charge in [-0.25, -0.2) is 9.07 Å². The molecule has 0 bridgehead atoms. The van der Waals surface area contributed by atoms with Gasteiger partial charge in [-0.2, -0.15) is 0 Å². The van der Waals surface area contributed by atoms with Crippen LogP contribution in [0.3, 0.4) is 0 Å². The number of halogens is 1. The Balaban J connectivity index is 1.54. The molecule has 1 atom stereocenters. The third kappa shape index (κ3) is 5.74. The summed E-state index contributed by atoms with van der Waals surface area (Å²) in [6, 6.07) is 15.2. The third-order valence-corrected chi connectivity index (χ3v) is 6.83. The van der Waals surface area contributed by atoms with E-state index in [1.54, 1.807) is 43.4 Å². The molecule has 0 radical (unpaired) electrons. The van der Waals surface area contributed by atoms with E-state index in [0.29, 0.717) is 48.0 Å². The second kappa shape index (κ2) is 11.7. The number of nitrogens with one attached hydrogen (secondary N) is 1. The van der Waals surface area contributed by atoms with Crippen molar-refractivity contribution in [3.8, 4) is 11.5 Å². The fourth-order valence-corrected chi connectivity index (χ4v) is 4.95. The maximum atomic E-state index is 13.5. The number of aromatic nitrogens is 5. The Hall–Kier alpha value is -4.51. The molecule has 0 fully saturated rings. The van der Waals surface area contributed by atoms with E-state index < -0.39 is 0 Å². The van der Waals surface area contributed by atoms with Crippen molar-refractivity contribution in [1.82, 2.24) is 30.1 Å². The number of methoxy groups -OCH3 is 2. The Bertz CT molecular complexity index is 1630. The zero-order valence-electron chi connectivity index (χ0n) is 22.8. The Morgan fingerprint density at radius 2 is 1.80 bits per heavy atom. The predicted molar refractivity (Wildman–Crippen MR) is 147 cm³/mol. The molecular formula is C29H31FN6O4. The molecule has 3 aromatic heterocycles. The van der Waals surface area contributed by atoms with Crippen molar-refractivity contribution in [3.05, 3.63) is 99.7 Å². The molecule has 0 spiro atoms.